The molecule has 112 valence electrons. The summed E-state index contributed by atoms with van der Waals surface area (Å²) in [4.78, 5) is 23.2. The maximum Gasteiger partial charge on any atom is 0.274 e. The Labute approximate surface area is 135 Å². The molecule has 0 unspecified atom stereocenters. The van der Waals surface area contributed by atoms with E-state index in [2.05, 4.69) is 31.0 Å². The van der Waals surface area contributed by atoms with E-state index < -0.39 is 0 Å². The summed E-state index contributed by atoms with van der Waals surface area (Å²) in [6, 6.07) is 1.74. The zero-order valence-electron chi connectivity index (χ0n) is 11.9. The van der Waals surface area contributed by atoms with E-state index in [9.17, 15) is 4.79 Å². The second kappa shape index (κ2) is 5.31. The zero-order chi connectivity index (χ0) is 15.1. The lowest BCUT2D eigenvalue weighted by Gasteiger charge is -2.19. The number of halogens is 1. The van der Waals surface area contributed by atoms with Gasteiger partial charge in [-0.2, -0.15) is 5.10 Å². The van der Waals surface area contributed by atoms with Gasteiger partial charge in [0.15, 0.2) is 11.3 Å². The van der Waals surface area contributed by atoms with Gasteiger partial charge >= 0.3 is 0 Å². The average molecular weight is 360 g/mol. The van der Waals surface area contributed by atoms with Gasteiger partial charge in [-0.3, -0.25) is 9.79 Å². The minimum Gasteiger partial charge on any atom is -0.337 e. The molecule has 22 heavy (non-hydrogen) atoms. The molecular weight excluding hydrogens is 346 g/mol. The van der Waals surface area contributed by atoms with Crippen molar-refractivity contribution in [1.29, 1.82) is 0 Å². The van der Waals surface area contributed by atoms with Crippen molar-refractivity contribution in [3.63, 3.8) is 0 Å². The molecule has 7 heteroatoms. The number of nitrogens with zero attached hydrogens (tertiary/aromatic N) is 5. The summed E-state index contributed by atoms with van der Waals surface area (Å²) in [5.74, 6) is -0.0354. The van der Waals surface area contributed by atoms with Crippen LogP contribution in [0.4, 0.5) is 0 Å². The maximum atomic E-state index is 12.7. The Kier molecular flexibility index (Phi) is 3.29. The van der Waals surface area contributed by atoms with Crippen molar-refractivity contribution in [2.75, 3.05) is 13.1 Å². The number of hydrogen-bond acceptors (Lipinski definition) is 4. The summed E-state index contributed by atoms with van der Waals surface area (Å²) in [6.07, 6.45) is 8.13. The predicted molar refractivity (Wildman–Crippen MR) is 86.0 cm³/mol. The molecule has 2 aliphatic rings. The summed E-state index contributed by atoms with van der Waals surface area (Å²) in [5.41, 5.74) is 3.65. The van der Waals surface area contributed by atoms with Crippen LogP contribution in [0.2, 0.25) is 0 Å². The molecule has 0 N–H and O–H groups in total. The summed E-state index contributed by atoms with van der Waals surface area (Å²) in [7, 11) is 0. The van der Waals surface area contributed by atoms with Gasteiger partial charge in [-0.25, -0.2) is 9.50 Å². The molecule has 0 aliphatic carbocycles. The molecule has 0 spiro atoms. The first-order valence-electron chi connectivity index (χ1n) is 7.24. The Morgan fingerprint density at radius 3 is 3.05 bits per heavy atom. The minimum absolute atomic E-state index is 0.0354. The normalized spacial score (nSPS) is 18.0. The van der Waals surface area contributed by atoms with Gasteiger partial charge in [-0.1, -0.05) is 0 Å². The number of aromatic nitrogens is 3. The largest absolute Gasteiger partial charge is 0.337 e. The van der Waals surface area contributed by atoms with Gasteiger partial charge in [0.2, 0.25) is 0 Å². The van der Waals surface area contributed by atoms with Crippen LogP contribution in [0.3, 0.4) is 0 Å². The highest BCUT2D eigenvalue weighted by atomic mass is 79.9. The lowest BCUT2D eigenvalue weighted by Crippen LogP contribution is -2.32. The van der Waals surface area contributed by atoms with Crippen LogP contribution in [0.25, 0.3) is 5.65 Å². The van der Waals surface area contributed by atoms with Crippen LogP contribution < -0.4 is 0 Å². The molecule has 2 aliphatic heterocycles. The third-order valence-corrected chi connectivity index (χ3v) is 4.49. The molecule has 6 nitrogen and oxygen atoms in total. The monoisotopic (exact) mass is 359 g/mol. The number of carbonyl (C=O) groups excluding carboxylic acids is 1. The van der Waals surface area contributed by atoms with Crippen molar-refractivity contribution in [1.82, 2.24) is 19.5 Å². The van der Waals surface area contributed by atoms with Gasteiger partial charge in [0.1, 0.15) is 0 Å². The van der Waals surface area contributed by atoms with E-state index in [-0.39, 0.29) is 5.91 Å². The summed E-state index contributed by atoms with van der Waals surface area (Å²) in [5, 5.41) is 4.34. The van der Waals surface area contributed by atoms with Gasteiger partial charge in [0, 0.05) is 56.3 Å². The standard InChI is InChI=1S/C15H14BrN5O/c16-11-8-18-14-7-13(19-21(14)9-11)15(22)20-5-2-10-1-4-17-12(10)3-6-20/h4,7-9H,1-3,5-6H2. The van der Waals surface area contributed by atoms with E-state index in [0.29, 0.717) is 17.9 Å². The number of hydrogen-bond donors (Lipinski definition) is 0. The third-order valence-electron chi connectivity index (χ3n) is 4.08. The highest BCUT2D eigenvalue weighted by Crippen LogP contribution is 2.26. The first kappa shape index (κ1) is 13.6. The van der Waals surface area contributed by atoms with E-state index in [4.69, 9.17) is 0 Å². The molecule has 0 aromatic carbocycles. The summed E-state index contributed by atoms with van der Waals surface area (Å²) >= 11 is 3.36. The molecule has 0 atom stereocenters. The topological polar surface area (TPSA) is 62.9 Å². The van der Waals surface area contributed by atoms with Crippen molar-refractivity contribution in [3.8, 4) is 0 Å². The average Bonchev–Trinajstić information content (AvgIpc) is 3.08. The van der Waals surface area contributed by atoms with Gasteiger partial charge in [-0.05, 0) is 27.9 Å². The van der Waals surface area contributed by atoms with Gasteiger partial charge in [-0.15, -0.1) is 0 Å². The van der Waals surface area contributed by atoms with E-state index in [0.717, 1.165) is 36.0 Å². The number of amides is 1. The molecular formula is C15H14BrN5O. The zero-order valence-corrected chi connectivity index (χ0v) is 13.5. The van der Waals surface area contributed by atoms with E-state index in [1.54, 1.807) is 23.0 Å². The Morgan fingerprint density at radius 2 is 2.14 bits per heavy atom. The van der Waals surface area contributed by atoms with Crippen molar-refractivity contribution in [3.05, 3.63) is 39.9 Å². The Hall–Kier alpha value is -2.02. The van der Waals surface area contributed by atoms with Crippen LogP contribution in [0, 0.1) is 0 Å². The highest BCUT2D eigenvalue weighted by Gasteiger charge is 2.24. The Balaban J connectivity index is 1.57. The molecule has 0 saturated carbocycles. The molecule has 4 heterocycles. The number of aliphatic imine (C=N–C) groups is 1. The van der Waals surface area contributed by atoms with Gasteiger partial charge in [0.25, 0.3) is 5.91 Å². The fourth-order valence-corrected chi connectivity index (χ4v) is 3.21. The van der Waals surface area contributed by atoms with Crippen LogP contribution in [0.1, 0.15) is 29.8 Å². The molecule has 4 rings (SSSR count). The van der Waals surface area contributed by atoms with Crippen LogP contribution in [0.5, 0.6) is 0 Å². The van der Waals surface area contributed by atoms with E-state index in [1.807, 2.05) is 11.1 Å². The van der Waals surface area contributed by atoms with Crippen LogP contribution in [-0.2, 0) is 0 Å². The van der Waals surface area contributed by atoms with Crippen molar-refractivity contribution in [2.24, 2.45) is 4.99 Å². The molecule has 2 aromatic rings. The first-order valence-corrected chi connectivity index (χ1v) is 8.03. The van der Waals surface area contributed by atoms with Crippen LogP contribution >= 0.6 is 15.9 Å². The quantitative estimate of drug-likeness (QED) is 0.785. The number of carbonyl (C=O) groups is 1. The third kappa shape index (κ3) is 2.35. The predicted octanol–water partition coefficient (Wildman–Crippen LogP) is 2.46. The van der Waals surface area contributed by atoms with E-state index in [1.165, 1.54) is 5.57 Å². The fourth-order valence-electron chi connectivity index (χ4n) is 2.91. The molecule has 0 fully saturated rings. The summed E-state index contributed by atoms with van der Waals surface area (Å²) in [6.45, 7) is 1.42. The van der Waals surface area contributed by atoms with Crippen molar-refractivity contribution >= 4 is 33.7 Å². The molecule has 0 radical (unpaired) electrons. The lowest BCUT2D eigenvalue weighted by molar-refractivity contribution is 0.0756. The summed E-state index contributed by atoms with van der Waals surface area (Å²) < 4.78 is 2.45. The number of rotatable bonds is 1. The highest BCUT2D eigenvalue weighted by molar-refractivity contribution is 9.10. The Morgan fingerprint density at radius 1 is 1.27 bits per heavy atom. The molecule has 0 bridgehead atoms. The molecule has 0 saturated heterocycles. The second-order valence-electron chi connectivity index (χ2n) is 5.46. The molecule has 2 aromatic heterocycles. The maximum absolute atomic E-state index is 12.7. The fraction of sp³-hybridized carbons (Fsp3) is 0.333. The van der Waals surface area contributed by atoms with Gasteiger partial charge in [0.05, 0.1) is 4.47 Å². The number of fused-ring (bicyclic) bond motifs is 1. The molecule has 1 amide bonds. The second-order valence-corrected chi connectivity index (χ2v) is 6.38. The lowest BCUT2D eigenvalue weighted by atomic mass is 10.1. The Bertz CT molecular complexity index is 822. The SMILES string of the molecule is O=C(c1cc2ncc(Br)cn2n1)N1CCC2=C(CC1)N=CC2. The smallest absolute Gasteiger partial charge is 0.274 e. The van der Waals surface area contributed by atoms with Gasteiger partial charge < -0.3 is 4.90 Å². The van der Waals surface area contributed by atoms with Crippen molar-refractivity contribution < 1.29 is 4.79 Å². The minimum atomic E-state index is -0.0354. The van der Waals surface area contributed by atoms with E-state index >= 15 is 0 Å². The van der Waals surface area contributed by atoms with Crippen LogP contribution in [0.15, 0.2) is 39.2 Å². The van der Waals surface area contributed by atoms with Crippen molar-refractivity contribution in [2.45, 2.75) is 19.3 Å². The first-order chi connectivity index (χ1) is 10.7. The van der Waals surface area contributed by atoms with Crippen LogP contribution in [-0.4, -0.2) is 44.7 Å².